The molecule has 0 aliphatic rings. The summed E-state index contributed by atoms with van der Waals surface area (Å²) >= 11 is 1.49. The number of amides is 2. The van der Waals surface area contributed by atoms with Gasteiger partial charge in [0.25, 0.3) is 11.8 Å². The summed E-state index contributed by atoms with van der Waals surface area (Å²) in [5.41, 5.74) is 2.01. The molecule has 4 rings (SSSR count). The molecule has 0 fully saturated rings. The lowest BCUT2D eigenvalue weighted by Crippen LogP contribution is -2.14. The van der Waals surface area contributed by atoms with Crippen molar-refractivity contribution < 1.29 is 23.1 Å². The van der Waals surface area contributed by atoms with Crippen molar-refractivity contribution >= 4 is 35.0 Å². The lowest BCUT2D eigenvalue weighted by molar-refractivity contribution is 0.0993. The van der Waals surface area contributed by atoms with Crippen molar-refractivity contribution in [2.24, 2.45) is 0 Å². The van der Waals surface area contributed by atoms with E-state index in [-0.39, 0.29) is 17.5 Å². The first-order valence-electron chi connectivity index (χ1n) is 10.8. The van der Waals surface area contributed by atoms with Crippen LogP contribution in [0.1, 0.15) is 32.2 Å². The highest BCUT2D eigenvalue weighted by Crippen LogP contribution is 2.29. The van der Waals surface area contributed by atoms with Crippen molar-refractivity contribution in [3.05, 3.63) is 113 Å². The van der Waals surface area contributed by atoms with Crippen LogP contribution in [0, 0.1) is 5.82 Å². The minimum atomic E-state index is -0.430. The highest BCUT2D eigenvalue weighted by molar-refractivity contribution is 7.97. The summed E-state index contributed by atoms with van der Waals surface area (Å²) in [6.45, 7) is 0. The third kappa shape index (κ3) is 6.30. The Morgan fingerprint density at radius 2 is 1.66 bits per heavy atom. The van der Waals surface area contributed by atoms with E-state index in [1.807, 2.05) is 6.07 Å². The SMILES string of the molecule is COc1ccc(NC(=O)c2ccc(CSCc3ccccc3F)o2)cc1NC(=O)c1ccccc1. The highest BCUT2D eigenvalue weighted by atomic mass is 32.2. The van der Waals surface area contributed by atoms with Gasteiger partial charge in [-0.25, -0.2) is 4.39 Å². The summed E-state index contributed by atoms with van der Waals surface area (Å²) in [6, 6.07) is 23.7. The van der Waals surface area contributed by atoms with E-state index >= 15 is 0 Å². The van der Waals surface area contributed by atoms with Gasteiger partial charge in [-0.2, -0.15) is 0 Å². The molecule has 2 N–H and O–H groups in total. The van der Waals surface area contributed by atoms with Crippen molar-refractivity contribution in [3.63, 3.8) is 0 Å². The lowest BCUT2D eigenvalue weighted by atomic mass is 10.2. The fourth-order valence-electron chi connectivity index (χ4n) is 3.31. The van der Waals surface area contributed by atoms with E-state index in [2.05, 4.69) is 10.6 Å². The van der Waals surface area contributed by atoms with Crippen LogP contribution in [0.3, 0.4) is 0 Å². The highest BCUT2D eigenvalue weighted by Gasteiger charge is 2.15. The van der Waals surface area contributed by atoms with Crippen LogP contribution < -0.4 is 15.4 Å². The predicted molar refractivity (Wildman–Crippen MR) is 135 cm³/mol. The molecule has 0 radical (unpaired) electrons. The van der Waals surface area contributed by atoms with Crippen LogP contribution in [0.5, 0.6) is 5.75 Å². The molecule has 0 spiro atoms. The predicted octanol–water partition coefficient (Wildman–Crippen LogP) is 6.37. The molecule has 1 heterocycles. The first kappa shape index (κ1) is 24.1. The topological polar surface area (TPSA) is 80.6 Å². The zero-order valence-electron chi connectivity index (χ0n) is 18.9. The third-order valence-electron chi connectivity index (χ3n) is 5.09. The largest absolute Gasteiger partial charge is 0.495 e. The Bertz CT molecular complexity index is 1320. The maximum absolute atomic E-state index is 13.7. The molecule has 0 aliphatic heterocycles. The number of benzene rings is 3. The number of nitrogens with one attached hydrogen (secondary N) is 2. The number of hydrogen-bond donors (Lipinski definition) is 2. The van der Waals surface area contributed by atoms with Gasteiger partial charge in [0.05, 0.1) is 18.6 Å². The van der Waals surface area contributed by atoms with Gasteiger partial charge in [-0.3, -0.25) is 9.59 Å². The fraction of sp³-hybridized carbons (Fsp3) is 0.111. The molecule has 178 valence electrons. The first-order valence-corrected chi connectivity index (χ1v) is 11.9. The maximum Gasteiger partial charge on any atom is 0.291 e. The number of rotatable bonds is 9. The fourth-order valence-corrected chi connectivity index (χ4v) is 4.23. The van der Waals surface area contributed by atoms with Crippen molar-refractivity contribution in [1.29, 1.82) is 0 Å². The van der Waals surface area contributed by atoms with Gasteiger partial charge in [-0.05, 0) is 54.1 Å². The second-order valence-corrected chi connectivity index (χ2v) is 8.53. The molecule has 8 heteroatoms. The summed E-state index contributed by atoms with van der Waals surface area (Å²) in [7, 11) is 1.50. The van der Waals surface area contributed by atoms with Crippen LogP contribution in [0.15, 0.2) is 89.3 Å². The Morgan fingerprint density at radius 3 is 2.43 bits per heavy atom. The number of hydrogen-bond acceptors (Lipinski definition) is 5. The standard InChI is InChI=1S/C27H23FN2O4S/c1-33-24-13-11-20(15-23(24)30-26(31)18-7-3-2-4-8-18)29-27(32)25-14-12-21(34-25)17-35-16-19-9-5-6-10-22(19)28/h2-15H,16-17H2,1H3,(H,29,32)(H,30,31). The van der Waals surface area contributed by atoms with Crippen molar-refractivity contribution in [3.8, 4) is 5.75 Å². The van der Waals surface area contributed by atoms with Crippen molar-refractivity contribution in [2.45, 2.75) is 11.5 Å². The second kappa shape index (κ2) is 11.4. The molecule has 6 nitrogen and oxygen atoms in total. The summed E-state index contributed by atoms with van der Waals surface area (Å²) < 4.78 is 24.7. The Hall–Kier alpha value is -4.04. The van der Waals surface area contributed by atoms with Crippen LogP contribution in [0.4, 0.5) is 15.8 Å². The molecular weight excluding hydrogens is 467 g/mol. The maximum atomic E-state index is 13.7. The van der Waals surface area contributed by atoms with E-state index in [9.17, 15) is 14.0 Å². The number of anilines is 2. The number of thioether (sulfide) groups is 1. The number of ether oxygens (including phenoxy) is 1. The van der Waals surface area contributed by atoms with Crippen LogP contribution in [0.25, 0.3) is 0 Å². The van der Waals surface area contributed by atoms with Crippen molar-refractivity contribution in [2.75, 3.05) is 17.7 Å². The van der Waals surface area contributed by atoms with Gasteiger partial charge >= 0.3 is 0 Å². The molecule has 3 aromatic carbocycles. The van der Waals surface area contributed by atoms with Crippen LogP contribution in [-0.2, 0) is 11.5 Å². The van der Waals surface area contributed by atoms with Gasteiger partial charge in [0.2, 0.25) is 0 Å². The summed E-state index contributed by atoms with van der Waals surface area (Å²) in [5.74, 6) is 1.26. The quantitative estimate of drug-likeness (QED) is 0.285. The Morgan fingerprint density at radius 1 is 0.886 bits per heavy atom. The summed E-state index contributed by atoms with van der Waals surface area (Å²) in [6.07, 6.45) is 0. The zero-order valence-corrected chi connectivity index (χ0v) is 19.7. The van der Waals surface area contributed by atoms with E-state index in [0.717, 1.165) is 0 Å². The molecule has 0 atom stereocenters. The summed E-state index contributed by atoms with van der Waals surface area (Å²) in [4.78, 5) is 25.2. The number of furan rings is 1. The molecule has 1 aromatic heterocycles. The lowest BCUT2D eigenvalue weighted by Gasteiger charge is -2.12. The van der Waals surface area contributed by atoms with E-state index in [0.29, 0.717) is 45.5 Å². The minimum absolute atomic E-state index is 0.150. The molecule has 0 aliphatic carbocycles. The van der Waals surface area contributed by atoms with Crippen LogP contribution in [-0.4, -0.2) is 18.9 Å². The molecule has 35 heavy (non-hydrogen) atoms. The Kier molecular flexibility index (Phi) is 7.84. The first-order chi connectivity index (χ1) is 17.0. The molecular formula is C27H23FN2O4S. The molecule has 0 unspecified atom stereocenters. The molecule has 4 aromatic rings. The van der Waals surface area contributed by atoms with Gasteiger partial charge < -0.3 is 19.8 Å². The van der Waals surface area contributed by atoms with Gasteiger partial charge in [0.1, 0.15) is 17.3 Å². The number of methoxy groups -OCH3 is 1. The van der Waals surface area contributed by atoms with E-state index < -0.39 is 5.91 Å². The normalized spacial score (nSPS) is 10.6. The molecule has 0 bridgehead atoms. The van der Waals surface area contributed by atoms with Gasteiger partial charge in [0, 0.05) is 17.0 Å². The molecule has 0 saturated heterocycles. The van der Waals surface area contributed by atoms with E-state index in [1.54, 1.807) is 72.8 Å². The van der Waals surface area contributed by atoms with Crippen molar-refractivity contribution in [1.82, 2.24) is 0 Å². The molecule has 2 amide bonds. The van der Waals surface area contributed by atoms with Gasteiger partial charge in [-0.15, -0.1) is 11.8 Å². The van der Waals surface area contributed by atoms with E-state index in [1.165, 1.54) is 24.9 Å². The average molecular weight is 491 g/mol. The Labute approximate surface area is 206 Å². The number of carbonyl (C=O) groups is 2. The zero-order chi connectivity index (χ0) is 24.6. The van der Waals surface area contributed by atoms with Crippen LogP contribution in [0.2, 0.25) is 0 Å². The smallest absolute Gasteiger partial charge is 0.291 e. The summed E-state index contributed by atoms with van der Waals surface area (Å²) in [5, 5.41) is 5.58. The van der Waals surface area contributed by atoms with E-state index in [4.69, 9.17) is 9.15 Å². The van der Waals surface area contributed by atoms with Crippen LogP contribution >= 0.6 is 11.8 Å². The van der Waals surface area contributed by atoms with Gasteiger partial charge in [-0.1, -0.05) is 36.4 Å². The molecule has 0 saturated carbocycles. The monoisotopic (exact) mass is 490 g/mol. The average Bonchev–Trinajstić information content (AvgIpc) is 3.35. The minimum Gasteiger partial charge on any atom is -0.495 e. The Balaban J connectivity index is 1.38. The van der Waals surface area contributed by atoms with Gasteiger partial charge in [0.15, 0.2) is 5.76 Å². The number of halogens is 1. The second-order valence-electron chi connectivity index (χ2n) is 7.54. The third-order valence-corrected chi connectivity index (χ3v) is 6.09. The number of carbonyl (C=O) groups excluding carboxylic acids is 2.